The molecule has 7 heteroatoms. The van der Waals surface area contributed by atoms with E-state index >= 15 is 0 Å². The summed E-state index contributed by atoms with van der Waals surface area (Å²) in [5.41, 5.74) is 4.50. The van der Waals surface area contributed by atoms with Gasteiger partial charge in [0.25, 0.3) is 16.6 Å². The molecule has 1 aliphatic rings. The molecule has 66 heavy (non-hydrogen) atoms. The van der Waals surface area contributed by atoms with Gasteiger partial charge in [-0.2, -0.15) is 0 Å². The Kier molecular flexibility index (Phi) is 15.8. The second-order valence-electron chi connectivity index (χ2n) is 20.5. The molecule has 0 saturated carbocycles. The lowest BCUT2D eigenvalue weighted by Crippen LogP contribution is -2.67. The molecule has 0 radical (unpaired) electrons. The van der Waals surface area contributed by atoms with Crippen LogP contribution in [0.5, 0.6) is 0 Å². The highest BCUT2D eigenvalue weighted by atomic mass is 32.2. The van der Waals surface area contributed by atoms with Crippen LogP contribution in [-0.4, -0.2) is 48.7 Å². The van der Waals surface area contributed by atoms with Gasteiger partial charge in [0.05, 0.1) is 18.1 Å². The van der Waals surface area contributed by atoms with Crippen molar-refractivity contribution in [3.8, 4) is 0 Å². The topological polar surface area (TPSA) is 38.8 Å². The van der Waals surface area contributed by atoms with Crippen molar-refractivity contribution >= 4 is 66.7 Å². The maximum Gasteiger partial charge on any atom is 0.261 e. The number of thioether (sulfide) groups is 1. The standard InChI is InChI=1S/C59H69NO3SSi2/c1-57(2,3)65(51-26-16-10-17-27-51,52-28-18-11-19-29-52)62-42-40-60(41-43-63-66(58(4,5)6,53-30-20-12-21-31-53)54-32-22-13-23-33-54)50-38-35-47(36-39-50)34-37-49-44-59(7,8)45-55(61)56(49)64-46-48-24-14-9-15-25-48/h9-39H,40-46H2,1-8H3/b37-34+. The molecule has 0 heterocycles. The number of Topliss-reactive ketones (excluding diaryl/α,β-unsaturated/α-hetero) is 1. The van der Waals surface area contributed by atoms with E-state index < -0.39 is 16.6 Å². The van der Waals surface area contributed by atoms with E-state index in [1.807, 2.05) is 6.07 Å². The van der Waals surface area contributed by atoms with Gasteiger partial charge in [-0.1, -0.05) is 231 Å². The summed E-state index contributed by atoms with van der Waals surface area (Å²) in [6, 6.07) is 63.0. The first kappa shape index (κ1) is 48.9. The minimum atomic E-state index is -2.76. The van der Waals surface area contributed by atoms with Gasteiger partial charge in [-0.25, -0.2) is 0 Å². The fourth-order valence-corrected chi connectivity index (χ4v) is 20.1. The van der Waals surface area contributed by atoms with Gasteiger partial charge in [0.15, 0.2) is 5.78 Å². The number of hydrogen-bond donors (Lipinski definition) is 0. The second-order valence-corrected chi connectivity index (χ2v) is 30.1. The Hall–Kier alpha value is -5.03. The van der Waals surface area contributed by atoms with Gasteiger partial charge in [0, 0.05) is 31.0 Å². The van der Waals surface area contributed by atoms with Gasteiger partial charge >= 0.3 is 0 Å². The average molecular weight is 928 g/mol. The number of hydrogen-bond acceptors (Lipinski definition) is 5. The van der Waals surface area contributed by atoms with E-state index in [2.05, 4.69) is 242 Å². The highest BCUT2D eigenvalue weighted by Gasteiger charge is 2.51. The van der Waals surface area contributed by atoms with Crippen molar-refractivity contribution in [2.45, 2.75) is 84.1 Å². The van der Waals surface area contributed by atoms with Crippen LogP contribution in [0.4, 0.5) is 5.69 Å². The smallest absolute Gasteiger partial charge is 0.261 e. The van der Waals surface area contributed by atoms with Gasteiger partial charge < -0.3 is 13.8 Å². The molecule has 1 aliphatic carbocycles. The first-order valence-corrected chi connectivity index (χ1v) is 28.4. The van der Waals surface area contributed by atoms with E-state index in [9.17, 15) is 4.79 Å². The van der Waals surface area contributed by atoms with E-state index in [0.29, 0.717) is 32.7 Å². The van der Waals surface area contributed by atoms with E-state index in [-0.39, 0.29) is 21.3 Å². The molecule has 0 spiro atoms. The Morgan fingerprint density at radius 1 is 0.545 bits per heavy atom. The zero-order valence-corrected chi connectivity index (χ0v) is 43.2. The third-order valence-electron chi connectivity index (χ3n) is 13.0. The Labute approximate surface area is 402 Å². The normalized spacial score (nSPS) is 14.8. The third-order valence-corrected chi connectivity index (χ3v) is 24.3. The van der Waals surface area contributed by atoms with Crippen LogP contribution in [-0.2, 0) is 19.4 Å². The SMILES string of the molecule is CC1(C)CC(=O)C(SCc2ccccc2)=C(/C=C/c2ccc(N(CCO[Si](c3ccccc3)(c3ccccc3)C(C)(C)C)CCO[Si](c3ccccc3)(c3ccccc3)C(C)(C)C)cc2)C1. The van der Waals surface area contributed by atoms with Crippen molar-refractivity contribution in [3.05, 3.63) is 204 Å². The molecule has 342 valence electrons. The molecule has 6 aromatic rings. The highest BCUT2D eigenvalue weighted by Crippen LogP contribution is 2.43. The van der Waals surface area contributed by atoms with Crippen LogP contribution in [0.2, 0.25) is 10.1 Å². The fourth-order valence-electron chi connectivity index (χ4n) is 9.89. The van der Waals surface area contributed by atoms with Crippen LogP contribution in [0.3, 0.4) is 0 Å². The Morgan fingerprint density at radius 2 is 0.939 bits per heavy atom. The summed E-state index contributed by atoms with van der Waals surface area (Å²) in [7, 11) is -5.53. The largest absolute Gasteiger partial charge is 0.406 e. The molecular formula is C59H69NO3SSi2. The molecule has 0 atom stereocenters. The summed E-state index contributed by atoms with van der Waals surface area (Å²) in [6.45, 7) is 20.9. The highest BCUT2D eigenvalue weighted by molar-refractivity contribution is 8.03. The number of ketones is 1. The van der Waals surface area contributed by atoms with E-state index in [1.54, 1.807) is 11.8 Å². The molecule has 0 amide bonds. The molecule has 0 N–H and O–H groups in total. The number of anilines is 1. The third kappa shape index (κ3) is 11.2. The first-order chi connectivity index (χ1) is 31.6. The van der Waals surface area contributed by atoms with Crippen LogP contribution < -0.4 is 25.6 Å². The average Bonchev–Trinajstić information content (AvgIpc) is 3.31. The van der Waals surface area contributed by atoms with Crippen molar-refractivity contribution < 1.29 is 13.6 Å². The number of benzene rings is 6. The zero-order valence-electron chi connectivity index (χ0n) is 40.4. The van der Waals surface area contributed by atoms with Gasteiger partial charge in [-0.3, -0.25) is 4.79 Å². The Morgan fingerprint density at radius 3 is 1.33 bits per heavy atom. The molecule has 7 rings (SSSR count). The molecule has 6 aromatic carbocycles. The molecule has 4 nitrogen and oxygen atoms in total. The zero-order chi connectivity index (χ0) is 46.8. The lowest BCUT2D eigenvalue weighted by Gasteiger charge is -2.44. The van der Waals surface area contributed by atoms with Crippen LogP contribution in [0.15, 0.2) is 192 Å². The minimum absolute atomic E-state index is 0.0784. The van der Waals surface area contributed by atoms with Crippen molar-refractivity contribution in [1.29, 1.82) is 0 Å². The van der Waals surface area contributed by atoms with E-state index in [0.717, 1.165) is 33.9 Å². The quantitative estimate of drug-likeness (QED) is 0.0803. The minimum Gasteiger partial charge on any atom is -0.406 e. The summed E-state index contributed by atoms with van der Waals surface area (Å²) in [5.74, 6) is 1.03. The lowest BCUT2D eigenvalue weighted by atomic mass is 9.76. The molecular weight excluding hydrogens is 859 g/mol. The van der Waals surface area contributed by atoms with Gasteiger partial charge in [0.2, 0.25) is 0 Å². The van der Waals surface area contributed by atoms with Crippen molar-refractivity contribution in [3.63, 3.8) is 0 Å². The number of allylic oxidation sites excluding steroid dienone is 3. The molecule has 0 aromatic heterocycles. The van der Waals surface area contributed by atoms with E-state index in [4.69, 9.17) is 8.85 Å². The van der Waals surface area contributed by atoms with Crippen molar-refractivity contribution in [2.24, 2.45) is 5.41 Å². The van der Waals surface area contributed by atoms with Crippen molar-refractivity contribution in [2.75, 3.05) is 31.2 Å². The van der Waals surface area contributed by atoms with Gasteiger partial charge in [-0.15, -0.1) is 11.8 Å². The molecule has 0 fully saturated rings. The Bertz CT molecular complexity index is 2350. The maximum absolute atomic E-state index is 13.6. The lowest BCUT2D eigenvalue weighted by molar-refractivity contribution is -0.117. The predicted octanol–water partition coefficient (Wildman–Crippen LogP) is 12.2. The summed E-state index contributed by atoms with van der Waals surface area (Å²) in [6.07, 6.45) is 5.81. The number of carbonyl (C=O) groups excluding carboxylic acids is 1. The molecule has 0 unspecified atom stereocenters. The van der Waals surface area contributed by atoms with Gasteiger partial charge in [-0.05, 0) is 71.5 Å². The van der Waals surface area contributed by atoms with Crippen LogP contribution in [0, 0.1) is 5.41 Å². The second kappa shape index (κ2) is 21.3. The summed E-state index contributed by atoms with van der Waals surface area (Å²) >= 11 is 1.68. The summed E-state index contributed by atoms with van der Waals surface area (Å²) in [5, 5.41) is 4.85. The first-order valence-electron chi connectivity index (χ1n) is 23.6. The monoisotopic (exact) mass is 927 g/mol. The van der Waals surface area contributed by atoms with Crippen molar-refractivity contribution in [1.82, 2.24) is 0 Å². The molecule has 0 saturated heterocycles. The predicted molar refractivity (Wildman–Crippen MR) is 288 cm³/mol. The molecule has 0 aliphatic heterocycles. The number of rotatable bonds is 18. The number of nitrogens with zero attached hydrogens (tertiary/aromatic N) is 1. The van der Waals surface area contributed by atoms with Gasteiger partial charge in [0.1, 0.15) is 0 Å². The number of carbonyl (C=O) groups is 1. The van der Waals surface area contributed by atoms with Crippen LogP contribution in [0.1, 0.15) is 79.4 Å². The molecule has 0 bridgehead atoms. The Balaban J connectivity index is 1.20. The summed E-state index contributed by atoms with van der Waals surface area (Å²) in [4.78, 5) is 16.9. The van der Waals surface area contributed by atoms with Crippen LogP contribution in [0.25, 0.3) is 6.08 Å². The van der Waals surface area contributed by atoms with Crippen LogP contribution >= 0.6 is 11.8 Å². The maximum atomic E-state index is 13.6. The fraction of sp³-hybridized carbons (Fsp3) is 0.305. The van der Waals surface area contributed by atoms with E-state index in [1.165, 1.54) is 26.3 Å². The summed E-state index contributed by atoms with van der Waals surface area (Å²) < 4.78 is 15.0.